The molecule has 0 radical (unpaired) electrons. The lowest BCUT2D eigenvalue weighted by Crippen LogP contribution is -2.35. The molecule has 0 N–H and O–H groups in total. The molecule has 0 heterocycles. The summed E-state index contributed by atoms with van der Waals surface area (Å²) in [6, 6.07) is 17.7. The highest BCUT2D eigenvalue weighted by Crippen LogP contribution is 2.27. The monoisotopic (exact) mass is 368 g/mol. The fourth-order valence-corrected chi connectivity index (χ4v) is 3.48. The lowest BCUT2D eigenvalue weighted by Gasteiger charge is -2.23. The molecular formula is C20H24N2O3Si. The van der Waals surface area contributed by atoms with Crippen LogP contribution in [0.2, 0.25) is 19.6 Å². The zero-order valence-electron chi connectivity index (χ0n) is 15.6. The Hall–Kier alpha value is -2.53. The summed E-state index contributed by atoms with van der Waals surface area (Å²) in [4.78, 5) is 15.4. The van der Waals surface area contributed by atoms with E-state index in [-0.39, 0.29) is 12.3 Å². The van der Waals surface area contributed by atoms with E-state index in [0.29, 0.717) is 0 Å². The maximum atomic E-state index is 12.2. The van der Waals surface area contributed by atoms with Crippen molar-refractivity contribution in [2.45, 2.75) is 32.7 Å². The first kappa shape index (κ1) is 19.8. The summed E-state index contributed by atoms with van der Waals surface area (Å²) in [5, 5.41) is 0. The molecule has 6 heteroatoms. The first-order valence-electron chi connectivity index (χ1n) is 8.58. The van der Waals surface area contributed by atoms with Gasteiger partial charge in [-0.1, -0.05) is 54.6 Å². The van der Waals surface area contributed by atoms with Crippen molar-refractivity contribution in [2.75, 3.05) is 6.61 Å². The van der Waals surface area contributed by atoms with Crippen molar-refractivity contribution < 1.29 is 18.7 Å². The van der Waals surface area contributed by atoms with Crippen molar-refractivity contribution in [1.29, 1.82) is 0 Å². The molecule has 0 amide bonds. The van der Waals surface area contributed by atoms with Crippen LogP contribution in [0.25, 0.3) is 16.7 Å². The van der Waals surface area contributed by atoms with E-state index in [4.69, 9.17) is 9.16 Å². The maximum Gasteiger partial charge on any atom is 0.420 e. The van der Waals surface area contributed by atoms with Gasteiger partial charge in [0.1, 0.15) is 0 Å². The molecule has 2 rings (SSSR count). The Morgan fingerprint density at radius 2 is 1.62 bits per heavy atom. The van der Waals surface area contributed by atoms with Crippen LogP contribution in [0.15, 0.2) is 54.6 Å². The number of esters is 1. The number of nitrogens with zero attached hydrogens (tertiary/aromatic N) is 2. The third-order valence-electron chi connectivity index (χ3n) is 3.63. The van der Waals surface area contributed by atoms with Crippen LogP contribution >= 0.6 is 0 Å². The molecule has 2 aromatic carbocycles. The first-order valence-corrected chi connectivity index (χ1v) is 12.0. The number of hydrogen-bond donors (Lipinski definition) is 0. The third-order valence-corrected chi connectivity index (χ3v) is 4.58. The zero-order chi connectivity index (χ0) is 19.2. The molecular weight excluding hydrogens is 344 g/mol. The van der Waals surface area contributed by atoms with Crippen LogP contribution in [0.1, 0.15) is 18.6 Å². The van der Waals surface area contributed by atoms with Crippen LogP contribution in [-0.4, -0.2) is 31.4 Å². The Balaban J connectivity index is 2.39. The molecule has 0 aromatic heterocycles. The van der Waals surface area contributed by atoms with E-state index in [0.717, 1.165) is 16.7 Å². The van der Waals surface area contributed by atoms with E-state index in [9.17, 15) is 10.3 Å². The van der Waals surface area contributed by atoms with Gasteiger partial charge in [-0.05, 0) is 43.3 Å². The minimum atomic E-state index is -2.03. The largest absolute Gasteiger partial charge is 0.457 e. The average molecular weight is 369 g/mol. The summed E-state index contributed by atoms with van der Waals surface area (Å²) in [6.45, 7) is 7.94. The molecule has 2 aromatic rings. The minimum Gasteiger partial charge on any atom is -0.457 e. The first-order chi connectivity index (χ1) is 12.4. The number of benzene rings is 2. The lowest BCUT2D eigenvalue weighted by atomic mass is 10.00. The number of hydrogen-bond acceptors (Lipinski definition) is 3. The fourth-order valence-electron chi connectivity index (χ4n) is 2.52. The van der Waals surface area contributed by atoms with Gasteiger partial charge in [0.05, 0.1) is 6.61 Å². The zero-order valence-corrected chi connectivity index (χ0v) is 16.6. The predicted molar refractivity (Wildman–Crippen MR) is 104 cm³/mol. The van der Waals surface area contributed by atoms with Gasteiger partial charge in [0.2, 0.25) is 0 Å². The molecule has 136 valence electrons. The number of ether oxygens (including phenoxy) is 1. The van der Waals surface area contributed by atoms with Crippen LogP contribution in [0.3, 0.4) is 0 Å². The highest BCUT2D eigenvalue weighted by atomic mass is 28.4. The van der Waals surface area contributed by atoms with Crippen molar-refractivity contribution in [3.8, 4) is 11.1 Å². The highest BCUT2D eigenvalue weighted by molar-refractivity contribution is 6.70. The van der Waals surface area contributed by atoms with E-state index in [1.807, 2.05) is 74.2 Å². The molecule has 0 fully saturated rings. The summed E-state index contributed by atoms with van der Waals surface area (Å²) >= 11 is 0. The van der Waals surface area contributed by atoms with E-state index in [2.05, 4.69) is 4.79 Å². The molecule has 26 heavy (non-hydrogen) atoms. The third kappa shape index (κ3) is 5.23. The molecule has 0 aliphatic heterocycles. The Morgan fingerprint density at radius 3 is 2.12 bits per heavy atom. The van der Waals surface area contributed by atoms with Gasteiger partial charge < -0.3 is 14.7 Å². The van der Waals surface area contributed by atoms with Crippen molar-refractivity contribution in [2.24, 2.45) is 0 Å². The molecule has 0 aliphatic carbocycles. The molecule has 1 unspecified atom stereocenters. The normalized spacial score (nSPS) is 12.2. The Morgan fingerprint density at radius 1 is 1.04 bits per heavy atom. The average Bonchev–Trinajstić information content (AvgIpc) is 2.62. The SMILES string of the molecule is CCOC(=O)C(=[N+]=[N-])C(O[Si](C)(C)C)c1ccc(-c2ccccc2)cc1. The summed E-state index contributed by atoms with van der Waals surface area (Å²) in [5.74, 6) is -0.676. The van der Waals surface area contributed by atoms with Crippen LogP contribution in [-0.2, 0) is 14.0 Å². The molecule has 5 nitrogen and oxygen atoms in total. The van der Waals surface area contributed by atoms with Gasteiger partial charge >= 0.3 is 11.7 Å². The molecule has 1 atom stereocenters. The molecule has 0 aliphatic rings. The molecule has 0 bridgehead atoms. The van der Waals surface area contributed by atoms with Gasteiger partial charge in [-0.2, -0.15) is 4.79 Å². The van der Waals surface area contributed by atoms with Gasteiger partial charge in [0.15, 0.2) is 14.4 Å². The van der Waals surface area contributed by atoms with E-state index in [1.54, 1.807) is 6.92 Å². The summed E-state index contributed by atoms with van der Waals surface area (Å²) in [6.07, 6.45) is -0.768. The van der Waals surface area contributed by atoms with Gasteiger partial charge in [-0.25, -0.2) is 4.79 Å². The van der Waals surface area contributed by atoms with E-state index >= 15 is 0 Å². The summed E-state index contributed by atoms with van der Waals surface area (Å²) in [5.41, 5.74) is 12.2. The fraction of sp³-hybridized carbons (Fsp3) is 0.300. The molecule has 0 saturated carbocycles. The second kappa shape index (κ2) is 8.72. The van der Waals surface area contributed by atoms with E-state index < -0.39 is 20.4 Å². The van der Waals surface area contributed by atoms with E-state index in [1.165, 1.54) is 0 Å². The minimum absolute atomic E-state index is 0.137. The van der Waals surface area contributed by atoms with Crippen molar-refractivity contribution >= 4 is 20.0 Å². The highest BCUT2D eigenvalue weighted by Gasteiger charge is 2.38. The summed E-state index contributed by atoms with van der Waals surface area (Å²) < 4.78 is 11.1. The second-order valence-corrected chi connectivity index (χ2v) is 11.3. The smallest absolute Gasteiger partial charge is 0.420 e. The van der Waals surface area contributed by atoms with Crippen molar-refractivity contribution in [1.82, 2.24) is 0 Å². The number of rotatable bonds is 7. The number of carbonyl (C=O) groups excluding carboxylic acids is 1. The maximum absolute atomic E-state index is 12.2. The van der Waals surface area contributed by atoms with Gasteiger partial charge in [0.25, 0.3) is 0 Å². The van der Waals surface area contributed by atoms with Crippen molar-refractivity contribution in [3.05, 3.63) is 65.7 Å². The molecule has 0 spiro atoms. The Labute approximate surface area is 155 Å². The quantitative estimate of drug-likeness (QED) is 0.238. The Bertz CT molecular complexity index is 792. The van der Waals surface area contributed by atoms with Gasteiger partial charge in [-0.15, -0.1) is 0 Å². The standard InChI is InChI=1S/C20H24N2O3Si/c1-5-24-20(23)18(22-21)19(25-26(2,3)4)17-13-11-16(12-14-17)15-9-7-6-8-10-15/h6-14,19H,5H2,1-4H3. The molecule has 0 saturated heterocycles. The predicted octanol–water partition coefficient (Wildman–Crippen LogP) is 4.48. The lowest BCUT2D eigenvalue weighted by molar-refractivity contribution is -0.141. The van der Waals surface area contributed by atoms with Crippen LogP contribution in [0.5, 0.6) is 0 Å². The summed E-state index contributed by atoms with van der Waals surface area (Å²) in [7, 11) is -2.03. The van der Waals surface area contributed by atoms with Gasteiger partial charge in [-0.3, -0.25) is 0 Å². The van der Waals surface area contributed by atoms with Crippen molar-refractivity contribution in [3.63, 3.8) is 0 Å². The van der Waals surface area contributed by atoms with Crippen LogP contribution in [0, 0.1) is 0 Å². The van der Waals surface area contributed by atoms with Crippen LogP contribution < -0.4 is 0 Å². The number of carbonyl (C=O) groups is 1. The second-order valence-electron chi connectivity index (χ2n) is 6.80. The van der Waals surface area contributed by atoms with Gasteiger partial charge in [0, 0.05) is 0 Å². The topological polar surface area (TPSA) is 71.9 Å². The van der Waals surface area contributed by atoms with Crippen LogP contribution in [0.4, 0.5) is 0 Å². The Kier molecular flexibility index (Phi) is 6.63.